The highest BCUT2D eigenvalue weighted by Crippen LogP contribution is 2.11. The van der Waals surface area contributed by atoms with Crippen LogP contribution in [-0.2, 0) is 0 Å². The van der Waals surface area contributed by atoms with Crippen molar-refractivity contribution in [3.63, 3.8) is 0 Å². The molecule has 0 aliphatic carbocycles. The van der Waals surface area contributed by atoms with Gasteiger partial charge < -0.3 is 9.80 Å². The van der Waals surface area contributed by atoms with Crippen molar-refractivity contribution in [3.8, 4) is 0 Å². The molecule has 1 aliphatic rings. The standard InChI is InChI=1S/C7H14N2/c1-4-9-6-8(3)5-7(9)2/h5H,4,6H2,1-3H3. The zero-order valence-corrected chi connectivity index (χ0v) is 6.39. The number of hydrogen-bond acceptors (Lipinski definition) is 2. The molecule has 0 fully saturated rings. The second-order valence-corrected chi connectivity index (χ2v) is 2.52. The van der Waals surface area contributed by atoms with E-state index in [-0.39, 0.29) is 0 Å². The van der Waals surface area contributed by atoms with E-state index in [1.54, 1.807) is 0 Å². The van der Waals surface area contributed by atoms with Gasteiger partial charge in [-0.2, -0.15) is 0 Å². The summed E-state index contributed by atoms with van der Waals surface area (Å²) in [5.74, 6) is 0. The van der Waals surface area contributed by atoms with Crippen molar-refractivity contribution in [2.45, 2.75) is 13.8 Å². The molecular weight excluding hydrogens is 112 g/mol. The summed E-state index contributed by atoms with van der Waals surface area (Å²) < 4.78 is 0. The van der Waals surface area contributed by atoms with Crippen molar-refractivity contribution in [1.29, 1.82) is 0 Å². The third-order valence-corrected chi connectivity index (χ3v) is 1.68. The van der Waals surface area contributed by atoms with Crippen molar-refractivity contribution in [1.82, 2.24) is 9.80 Å². The summed E-state index contributed by atoms with van der Waals surface area (Å²) in [5, 5.41) is 0. The molecule has 0 spiro atoms. The highest BCUT2D eigenvalue weighted by Gasteiger charge is 2.10. The van der Waals surface area contributed by atoms with E-state index in [4.69, 9.17) is 0 Å². The Hall–Kier alpha value is -0.660. The molecule has 0 unspecified atom stereocenters. The number of nitrogens with zero attached hydrogens (tertiary/aromatic N) is 2. The van der Waals surface area contributed by atoms with Crippen molar-refractivity contribution >= 4 is 0 Å². The first-order valence-electron chi connectivity index (χ1n) is 3.37. The Balaban J connectivity index is 2.53. The minimum Gasteiger partial charge on any atom is -0.361 e. The monoisotopic (exact) mass is 126 g/mol. The van der Waals surface area contributed by atoms with Gasteiger partial charge in [0.15, 0.2) is 0 Å². The zero-order chi connectivity index (χ0) is 6.85. The highest BCUT2D eigenvalue weighted by atomic mass is 15.3. The first-order chi connectivity index (χ1) is 4.24. The van der Waals surface area contributed by atoms with Gasteiger partial charge in [0.05, 0.1) is 6.67 Å². The summed E-state index contributed by atoms with van der Waals surface area (Å²) >= 11 is 0. The van der Waals surface area contributed by atoms with Crippen molar-refractivity contribution < 1.29 is 0 Å². The highest BCUT2D eigenvalue weighted by molar-refractivity contribution is 5.01. The predicted octanol–water partition coefficient (Wildman–Crippen LogP) is 1.07. The smallest absolute Gasteiger partial charge is 0.0892 e. The second kappa shape index (κ2) is 2.29. The van der Waals surface area contributed by atoms with Crippen LogP contribution in [-0.4, -0.2) is 30.1 Å². The SMILES string of the molecule is CCN1CN(C)C=C1C. The molecule has 1 heterocycles. The lowest BCUT2D eigenvalue weighted by atomic mass is 10.5. The van der Waals surface area contributed by atoms with Gasteiger partial charge in [-0.1, -0.05) is 0 Å². The van der Waals surface area contributed by atoms with Crippen molar-refractivity contribution in [3.05, 3.63) is 11.9 Å². The molecule has 0 radical (unpaired) electrons. The van der Waals surface area contributed by atoms with Gasteiger partial charge >= 0.3 is 0 Å². The summed E-state index contributed by atoms with van der Waals surface area (Å²) in [7, 11) is 2.10. The minimum absolute atomic E-state index is 1.06. The molecule has 0 N–H and O–H groups in total. The maximum Gasteiger partial charge on any atom is 0.0892 e. The fraction of sp³-hybridized carbons (Fsp3) is 0.714. The summed E-state index contributed by atoms with van der Waals surface area (Å²) in [4.78, 5) is 4.53. The first kappa shape index (κ1) is 6.46. The van der Waals surface area contributed by atoms with E-state index < -0.39 is 0 Å². The molecule has 52 valence electrons. The van der Waals surface area contributed by atoms with Crippen LogP contribution >= 0.6 is 0 Å². The molecule has 0 aromatic carbocycles. The molecule has 1 aliphatic heterocycles. The number of rotatable bonds is 1. The maximum atomic E-state index is 2.33. The average Bonchev–Trinajstić information content (AvgIpc) is 2.10. The van der Waals surface area contributed by atoms with Crippen LogP contribution in [0.1, 0.15) is 13.8 Å². The average molecular weight is 126 g/mol. The van der Waals surface area contributed by atoms with Crippen LogP contribution in [0.5, 0.6) is 0 Å². The predicted molar refractivity (Wildman–Crippen MR) is 38.8 cm³/mol. The van der Waals surface area contributed by atoms with E-state index in [2.05, 4.69) is 36.9 Å². The Bertz CT molecular complexity index is 129. The van der Waals surface area contributed by atoms with Gasteiger partial charge in [0, 0.05) is 25.5 Å². The summed E-state index contributed by atoms with van der Waals surface area (Å²) in [6.45, 7) is 6.50. The largest absolute Gasteiger partial charge is 0.361 e. The third kappa shape index (κ3) is 1.18. The molecule has 2 heteroatoms. The molecule has 0 saturated heterocycles. The van der Waals surface area contributed by atoms with Crippen LogP contribution in [0.3, 0.4) is 0 Å². The fourth-order valence-corrected chi connectivity index (χ4v) is 1.17. The van der Waals surface area contributed by atoms with Gasteiger partial charge in [0.1, 0.15) is 0 Å². The van der Waals surface area contributed by atoms with Gasteiger partial charge in [-0.3, -0.25) is 0 Å². The van der Waals surface area contributed by atoms with Crippen LogP contribution in [0.2, 0.25) is 0 Å². The summed E-state index contributed by atoms with van der Waals surface area (Å²) in [6.07, 6.45) is 2.17. The fourth-order valence-electron chi connectivity index (χ4n) is 1.17. The molecule has 0 bridgehead atoms. The Morgan fingerprint density at radius 1 is 1.67 bits per heavy atom. The minimum atomic E-state index is 1.06. The van der Waals surface area contributed by atoms with Crippen molar-refractivity contribution in [2.24, 2.45) is 0 Å². The van der Waals surface area contributed by atoms with Crippen LogP contribution in [0, 0.1) is 0 Å². The van der Waals surface area contributed by atoms with E-state index >= 15 is 0 Å². The van der Waals surface area contributed by atoms with Crippen LogP contribution in [0.25, 0.3) is 0 Å². The normalized spacial score (nSPS) is 18.8. The zero-order valence-electron chi connectivity index (χ0n) is 6.39. The maximum absolute atomic E-state index is 2.33. The van der Waals surface area contributed by atoms with Gasteiger partial charge in [0.25, 0.3) is 0 Å². The van der Waals surface area contributed by atoms with Gasteiger partial charge in [-0.25, -0.2) is 0 Å². The van der Waals surface area contributed by atoms with E-state index in [0.717, 1.165) is 13.2 Å². The van der Waals surface area contributed by atoms with Crippen molar-refractivity contribution in [2.75, 3.05) is 20.3 Å². The van der Waals surface area contributed by atoms with Gasteiger partial charge in [-0.15, -0.1) is 0 Å². The molecule has 0 aromatic heterocycles. The molecular formula is C7H14N2. The molecule has 0 amide bonds. The molecule has 0 aromatic rings. The van der Waals surface area contributed by atoms with E-state index in [1.165, 1.54) is 5.70 Å². The van der Waals surface area contributed by atoms with Gasteiger partial charge in [0.2, 0.25) is 0 Å². The molecule has 9 heavy (non-hydrogen) atoms. The Kier molecular flexibility index (Phi) is 1.65. The van der Waals surface area contributed by atoms with Crippen LogP contribution in [0.15, 0.2) is 11.9 Å². The lowest BCUT2D eigenvalue weighted by Crippen LogP contribution is -2.23. The topological polar surface area (TPSA) is 6.48 Å². The quantitative estimate of drug-likeness (QED) is 0.518. The van der Waals surface area contributed by atoms with E-state index in [1.807, 2.05) is 0 Å². The molecule has 1 rings (SSSR count). The third-order valence-electron chi connectivity index (χ3n) is 1.68. The second-order valence-electron chi connectivity index (χ2n) is 2.52. The molecule has 0 atom stereocenters. The lowest BCUT2D eigenvalue weighted by molar-refractivity contribution is 0.294. The number of allylic oxidation sites excluding steroid dienone is 1. The van der Waals surface area contributed by atoms with E-state index in [0.29, 0.717) is 0 Å². The number of hydrogen-bond donors (Lipinski definition) is 0. The molecule has 0 saturated carbocycles. The Morgan fingerprint density at radius 2 is 2.33 bits per heavy atom. The summed E-state index contributed by atoms with van der Waals surface area (Å²) in [6, 6.07) is 0. The lowest BCUT2D eigenvalue weighted by Gasteiger charge is -2.17. The van der Waals surface area contributed by atoms with Crippen LogP contribution < -0.4 is 0 Å². The van der Waals surface area contributed by atoms with E-state index in [9.17, 15) is 0 Å². The Labute approximate surface area is 56.8 Å². The summed E-state index contributed by atoms with van der Waals surface area (Å²) in [5.41, 5.74) is 1.38. The van der Waals surface area contributed by atoms with Crippen LogP contribution in [0.4, 0.5) is 0 Å². The Morgan fingerprint density at radius 3 is 2.56 bits per heavy atom. The molecule has 2 nitrogen and oxygen atoms in total. The first-order valence-corrected chi connectivity index (χ1v) is 3.37. The van der Waals surface area contributed by atoms with Gasteiger partial charge in [-0.05, 0) is 13.8 Å².